The molecule has 150 valence electrons. The molecule has 27 heavy (non-hydrogen) atoms. The van der Waals surface area contributed by atoms with Crippen molar-refractivity contribution in [1.29, 1.82) is 0 Å². The third kappa shape index (κ3) is 3.75. The van der Waals surface area contributed by atoms with E-state index >= 15 is 0 Å². The number of hydrogen-bond donors (Lipinski definition) is 1. The molecule has 2 atom stereocenters. The quantitative estimate of drug-likeness (QED) is 0.837. The zero-order valence-electron chi connectivity index (χ0n) is 15.8. The summed E-state index contributed by atoms with van der Waals surface area (Å²) in [6, 6.07) is 3.94. The third-order valence-corrected chi connectivity index (χ3v) is 6.20. The van der Waals surface area contributed by atoms with E-state index in [1.54, 1.807) is 20.8 Å². The molecule has 0 bridgehead atoms. The number of halogens is 1. The van der Waals surface area contributed by atoms with Crippen molar-refractivity contribution in [2.45, 2.75) is 45.3 Å². The Morgan fingerprint density at radius 3 is 2.74 bits per heavy atom. The first-order valence-electron chi connectivity index (χ1n) is 8.66. The summed E-state index contributed by atoms with van der Waals surface area (Å²) in [6.45, 7) is 7.30. The lowest BCUT2D eigenvalue weighted by atomic mass is 9.69. The number of carbonyl (C=O) groups excluding carboxylic acids is 1. The van der Waals surface area contributed by atoms with Gasteiger partial charge in [0.1, 0.15) is 28.5 Å². The first-order valence-corrected chi connectivity index (χ1v) is 10.3. The van der Waals surface area contributed by atoms with Crippen molar-refractivity contribution >= 4 is 16.1 Å². The number of hydrogen-bond acceptors (Lipinski definition) is 6. The van der Waals surface area contributed by atoms with Crippen molar-refractivity contribution in [2.75, 3.05) is 19.0 Å². The number of fused-ring (bicyclic) bond motifs is 3. The molecule has 0 radical (unpaired) electrons. The summed E-state index contributed by atoms with van der Waals surface area (Å²) in [5.74, 6) is -0.736. The average molecular weight is 401 g/mol. The fraction of sp³-hybridized carbons (Fsp3) is 0.611. The maximum Gasteiger partial charge on any atom is 0.421 e. The third-order valence-electron chi connectivity index (χ3n) is 4.93. The van der Waals surface area contributed by atoms with E-state index in [0.717, 1.165) is 0 Å². The van der Waals surface area contributed by atoms with Crippen LogP contribution in [0, 0.1) is 11.2 Å². The van der Waals surface area contributed by atoms with Gasteiger partial charge in [-0.05, 0) is 39.3 Å². The van der Waals surface area contributed by atoms with Crippen LogP contribution >= 0.6 is 0 Å². The Hall–Kier alpha value is -1.87. The number of carbonyl (C=O) groups is 1. The van der Waals surface area contributed by atoms with Crippen LogP contribution in [0.3, 0.4) is 0 Å². The summed E-state index contributed by atoms with van der Waals surface area (Å²) in [6.07, 6.45) is -0.476. The molecule has 1 amide bonds. The van der Waals surface area contributed by atoms with Crippen LogP contribution in [0.5, 0.6) is 5.75 Å². The molecule has 3 rings (SSSR count). The minimum absolute atomic E-state index is 0.186. The largest absolute Gasteiger partial charge is 0.492 e. The van der Waals surface area contributed by atoms with Gasteiger partial charge in [0.05, 0.1) is 6.61 Å². The van der Waals surface area contributed by atoms with E-state index in [1.807, 2.05) is 11.6 Å². The summed E-state index contributed by atoms with van der Waals surface area (Å²) in [5, 5.41) is 0. The van der Waals surface area contributed by atoms with Gasteiger partial charge in [-0.2, -0.15) is 0 Å². The summed E-state index contributed by atoms with van der Waals surface area (Å²) < 4.78 is 57.7. The molecule has 2 aliphatic heterocycles. The van der Waals surface area contributed by atoms with Gasteiger partial charge in [0.15, 0.2) is 0 Å². The first kappa shape index (κ1) is 19.9. The minimum Gasteiger partial charge on any atom is -0.492 e. The summed E-state index contributed by atoms with van der Waals surface area (Å²) in [4.78, 5) is 11.9. The first-order chi connectivity index (χ1) is 12.4. The highest BCUT2D eigenvalue weighted by Crippen LogP contribution is 2.56. The molecule has 1 unspecified atom stereocenters. The number of ether oxygens (including phenoxy) is 3. The highest BCUT2D eigenvalue weighted by atomic mass is 32.2. The van der Waals surface area contributed by atoms with Gasteiger partial charge in [-0.15, -0.1) is 0 Å². The van der Waals surface area contributed by atoms with Crippen LogP contribution in [0.4, 0.5) is 9.18 Å². The molecule has 9 heteroatoms. The zero-order chi connectivity index (χ0) is 20.1. The Morgan fingerprint density at radius 1 is 1.37 bits per heavy atom. The van der Waals surface area contributed by atoms with Gasteiger partial charge >= 0.3 is 6.09 Å². The van der Waals surface area contributed by atoms with Crippen molar-refractivity contribution in [1.82, 2.24) is 4.72 Å². The van der Waals surface area contributed by atoms with Crippen LogP contribution in [-0.2, 0) is 25.1 Å². The normalized spacial score (nSPS) is 27.3. The van der Waals surface area contributed by atoms with E-state index in [-0.39, 0.29) is 12.4 Å². The van der Waals surface area contributed by atoms with Gasteiger partial charge < -0.3 is 14.2 Å². The predicted octanol–water partition coefficient (Wildman–Crippen LogP) is 2.69. The second-order valence-corrected chi connectivity index (χ2v) is 10.0. The number of sulfonamides is 1. The Morgan fingerprint density at radius 2 is 2.07 bits per heavy atom. The summed E-state index contributed by atoms with van der Waals surface area (Å²) in [5.41, 5.74) is -2.26. The van der Waals surface area contributed by atoms with E-state index in [4.69, 9.17) is 14.2 Å². The van der Waals surface area contributed by atoms with Crippen molar-refractivity contribution in [3.05, 3.63) is 29.6 Å². The van der Waals surface area contributed by atoms with E-state index in [0.29, 0.717) is 18.6 Å². The van der Waals surface area contributed by atoms with E-state index in [2.05, 4.69) is 0 Å². The zero-order valence-corrected chi connectivity index (χ0v) is 16.6. The molecule has 1 aromatic rings. The topological polar surface area (TPSA) is 90.9 Å². The van der Waals surface area contributed by atoms with Crippen molar-refractivity contribution in [3.63, 3.8) is 0 Å². The van der Waals surface area contributed by atoms with Crippen molar-refractivity contribution in [3.8, 4) is 5.75 Å². The smallest absolute Gasteiger partial charge is 0.421 e. The molecule has 1 N–H and O–H groups in total. The SMILES string of the molecule is CC(C)(C)OC(=O)NS(=O)(=O)C[C@@]12OCCC1(C)COc1cc(F)ccc12. The minimum atomic E-state index is -4.11. The van der Waals surface area contributed by atoms with Gasteiger partial charge in [-0.3, -0.25) is 0 Å². The molecule has 0 aromatic heterocycles. The fourth-order valence-electron chi connectivity index (χ4n) is 3.63. The average Bonchev–Trinajstić information content (AvgIpc) is 2.81. The van der Waals surface area contributed by atoms with Crippen molar-refractivity contribution in [2.24, 2.45) is 5.41 Å². The van der Waals surface area contributed by atoms with Crippen molar-refractivity contribution < 1.29 is 31.8 Å². The van der Waals surface area contributed by atoms with Crippen LogP contribution in [0.2, 0.25) is 0 Å². The molecular weight excluding hydrogens is 377 g/mol. The number of nitrogens with one attached hydrogen (secondary N) is 1. The van der Waals surface area contributed by atoms with Crippen LogP contribution in [0.1, 0.15) is 39.7 Å². The van der Waals surface area contributed by atoms with E-state index < -0.39 is 44.3 Å². The Bertz CT molecular complexity index is 865. The van der Waals surface area contributed by atoms with Crippen LogP contribution < -0.4 is 9.46 Å². The number of rotatable bonds is 3. The summed E-state index contributed by atoms with van der Waals surface area (Å²) in [7, 11) is -4.11. The van der Waals surface area contributed by atoms with Crippen LogP contribution in [-0.4, -0.2) is 39.1 Å². The van der Waals surface area contributed by atoms with Gasteiger partial charge in [0.25, 0.3) is 0 Å². The predicted molar refractivity (Wildman–Crippen MR) is 95.4 cm³/mol. The molecule has 1 aromatic carbocycles. The number of benzene rings is 1. The second-order valence-electron chi connectivity index (χ2n) is 8.28. The lowest BCUT2D eigenvalue weighted by molar-refractivity contribution is -0.0770. The fourth-order valence-corrected chi connectivity index (χ4v) is 5.12. The standard InChI is InChI=1S/C18H24FNO6S/c1-16(2,3)26-15(21)20-27(22,23)11-18-13-6-5-12(19)9-14(13)24-10-17(18,4)7-8-25-18/h5-6,9H,7-8,10-11H2,1-4H3,(H,20,21)/t17?,18-/m0/s1. The monoisotopic (exact) mass is 401 g/mol. The maximum absolute atomic E-state index is 13.6. The lowest BCUT2D eigenvalue weighted by Gasteiger charge is -2.46. The molecule has 0 aliphatic carbocycles. The molecule has 7 nitrogen and oxygen atoms in total. The summed E-state index contributed by atoms with van der Waals surface area (Å²) >= 11 is 0. The second kappa shape index (κ2) is 6.34. The van der Waals surface area contributed by atoms with Crippen LogP contribution in [0.15, 0.2) is 18.2 Å². The van der Waals surface area contributed by atoms with Gasteiger partial charge in [0.2, 0.25) is 10.0 Å². The Labute approximate surface area is 158 Å². The van der Waals surface area contributed by atoms with Gasteiger partial charge in [0, 0.05) is 23.7 Å². The van der Waals surface area contributed by atoms with E-state index in [1.165, 1.54) is 18.2 Å². The maximum atomic E-state index is 13.6. The highest BCUT2D eigenvalue weighted by molar-refractivity contribution is 7.90. The van der Waals surface area contributed by atoms with Gasteiger partial charge in [-0.1, -0.05) is 6.92 Å². The van der Waals surface area contributed by atoms with E-state index in [9.17, 15) is 17.6 Å². The Kier molecular flexibility index (Phi) is 4.67. The molecule has 1 fully saturated rings. The molecule has 0 spiro atoms. The Balaban J connectivity index is 1.95. The molecular formula is C18H24FNO6S. The molecule has 2 heterocycles. The molecule has 1 saturated heterocycles. The molecule has 2 aliphatic rings. The highest BCUT2D eigenvalue weighted by Gasteiger charge is 2.60. The molecule has 0 saturated carbocycles. The lowest BCUT2D eigenvalue weighted by Crippen LogP contribution is -2.54. The van der Waals surface area contributed by atoms with Crippen LogP contribution in [0.25, 0.3) is 0 Å². The number of amides is 1. The van der Waals surface area contributed by atoms with Gasteiger partial charge in [-0.25, -0.2) is 22.3 Å².